The number of para-hydroxylation sites is 1. The molecule has 0 aliphatic heterocycles. The lowest BCUT2D eigenvalue weighted by Gasteiger charge is -2.10. The molecular weight excluding hydrogens is 363 g/mol. The fraction of sp³-hybridized carbons (Fsp3) is 0.150. The van der Waals surface area contributed by atoms with E-state index in [4.69, 9.17) is 0 Å². The molecule has 0 fully saturated rings. The lowest BCUT2D eigenvalue weighted by Crippen LogP contribution is -2.14. The Kier molecular flexibility index (Phi) is 4.53. The van der Waals surface area contributed by atoms with Crippen LogP contribution in [0.15, 0.2) is 53.7 Å². The molecule has 1 N–H and O–H groups in total. The molecule has 136 valence electrons. The van der Waals surface area contributed by atoms with Gasteiger partial charge < -0.3 is 5.32 Å². The van der Waals surface area contributed by atoms with Crippen LogP contribution < -0.4 is 5.32 Å². The number of benzene rings is 2. The Balaban J connectivity index is 1.61. The summed E-state index contributed by atoms with van der Waals surface area (Å²) in [5, 5.41) is 13.1. The smallest absolute Gasteiger partial charge is 0.234 e. The van der Waals surface area contributed by atoms with Crippen LogP contribution in [0, 0.1) is 19.7 Å². The first kappa shape index (κ1) is 17.5. The van der Waals surface area contributed by atoms with Crippen molar-refractivity contribution in [3.63, 3.8) is 0 Å². The fourth-order valence-electron chi connectivity index (χ4n) is 3.08. The predicted octanol–water partition coefficient (Wildman–Crippen LogP) is 4.37. The summed E-state index contributed by atoms with van der Waals surface area (Å²) >= 11 is 1.32. The van der Waals surface area contributed by atoms with Gasteiger partial charge in [0.2, 0.25) is 5.91 Å². The number of anilines is 1. The number of carbonyl (C=O) groups excluding carboxylic acids is 1. The Morgan fingerprint density at radius 3 is 2.67 bits per heavy atom. The topological polar surface area (TPSA) is 59.3 Å². The van der Waals surface area contributed by atoms with Crippen LogP contribution in [0.5, 0.6) is 0 Å². The minimum absolute atomic E-state index is 0.180. The summed E-state index contributed by atoms with van der Waals surface area (Å²) in [4.78, 5) is 12.2. The van der Waals surface area contributed by atoms with Gasteiger partial charge in [0.1, 0.15) is 5.82 Å². The van der Waals surface area contributed by atoms with E-state index in [9.17, 15) is 9.18 Å². The van der Waals surface area contributed by atoms with Crippen molar-refractivity contribution in [2.75, 3.05) is 11.1 Å². The van der Waals surface area contributed by atoms with Crippen molar-refractivity contribution in [2.45, 2.75) is 19.0 Å². The second kappa shape index (κ2) is 7.00. The molecule has 2 aromatic carbocycles. The van der Waals surface area contributed by atoms with Gasteiger partial charge in [0, 0.05) is 11.1 Å². The molecule has 0 unspecified atom stereocenters. The predicted molar refractivity (Wildman–Crippen MR) is 106 cm³/mol. The molecule has 0 radical (unpaired) electrons. The van der Waals surface area contributed by atoms with Crippen molar-refractivity contribution in [3.8, 4) is 0 Å². The summed E-state index contributed by atoms with van der Waals surface area (Å²) in [6.07, 6.45) is 0. The summed E-state index contributed by atoms with van der Waals surface area (Å²) in [7, 11) is 0. The number of nitrogens with one attached hydrogen (secondary N) is 1. The number of carbonyl (C=O) groups is 1. The van der Waals surface area contributed by atoms with Crippen molar-refractivity contribution in [1.29, 1.82) is 0 Å². The molecule has 2 heterocycles. The van der Waals surface area contributed by atoms with Crippen LogP contribution >= 0.6 is 11.8 Å². The second-order valence-corrected chi connectivity index (χ2v) is 7.26. The minimum Gasteiger partial charge on any atom is -0.325 e. The number of aryl methyl sites for hydroxylation is 2. The Labute approximate surface area is 159 Å². The summed E-state index contributed by atoms with van der Waals surface area (Å²) in [6, 6.07) is 13.8. The minimum atomic E-state index is -0.338. The molecule has 0 spiro atoms. The highest BCUT2D eigenvalue weighted by Gasteiger charge is 2.14. The third-order valence-corrected chi connectivity index (χ3v) is 5.28. The number of amides is 1. The first-order chi connectivity index (χ1) is 13.0. The maximum absolute atomic E-state index is 13.0. The second-order valence-electron chi connectivity index (χ2n) is 6.32. The quantitative estimate of drug-likeness (QED) is 0.534. The number of rotatable bonds is 4. The van der Waals surface area contributed by atoms with Crippen molar-refractivity contribution in [2.24, 2.45) is 0 Å². The summed E-state index contributed by atoms with van der Waals surface area (Å²) in [6.45, 7) is 4.11. The summed E-state index contributed by atoms with van der Waals surface area (Å²) in [5.41, 5.74) is 4.64. The molecule has 0 bridgehead atoms. The van der Waals surface area contributed by atoms with Crippen LogP contribution in [0.3, 0.4) is 0 Å². The molecule has 4 rings (SSSR count). The Morgan fingerprint density at radius 2 is 1.89 bits per heavy atom. The van der Waals surface area contributed by atoms with E-state index in [-0.39, 0.29) is 17.5 Å². The van der Waals surface area contributed by atoms with Gasteiger partial charge in [0.15, 0.2) is 10.8 Å². The monoisotopic (exact) mass is 380 g/mol. The van der Waals surface area contributed by atoms with Gasteiger partial charge in [0.25, 0.3) is 0 Å². The van der Waals surface area contributed by atoms with E-state index >= 15 is 0 Å². The van der Waals surface area contributed by atoms with Gasteiger partial charge in [-0.3, -0.25) is 9.20 Å². The lowest BCUT2D eigenvalue weighted by molar-refractivity contribution is -0.113. The van der Waals surface area contributed by atoms with Crippen LogP contribution in [-0.4, -0.2) is 26.3 Å². The van der Waals surface area contributed by atoms with Crippen LogP contribution in [0.1, 0.15) is 11.1 Å². The van der Waals surface area contributed by atoms with Crippen molar-refractivity contribution >= 4 is 39.9 Å². The van der Waals surface area contributed by atoms with Crippen LogP contribution in [0.2, 0.25) is 0 Å². The van der Waals surface area contributed by atoms with E-state index in [0.29, 0.717) is 10.8 Å². The van der Waals surface area contributed by atoms with Gasteiger partial charge >= 0.3 is 0 Å². The molecule has 5 nitrogen and oxygen atoms in total. The van der Waals surface area contributed by atoms with E-state index < -0.39 is 0 Å². The average molecular weight is 380 g/mol. The molecule has 0 aliphatic carbocycles. The van der Waals surface area contributed by atoms with E-state index in [1.54, 1.807) is 0 Å². The maximum Gasteiger partial charge on any atom is 0.234 e. The molecular formula is C20H17FN4OS. The van der Waals surface area contributed by atoms with Crippen LogP contribution in [0.4, 0.5) is 10.1 Å². The average Bonchev–Trinajstić information content (AvgIpc) is 3.05. The summed E-state index contributed by atoms with van der Waals surface area (Å²) in [5.74, 6) is -0.342. The lowest BCUT2D eigenvalue weighted by atomic mass is 10.1. The van der Waals surface area contributed by atoms with E-state index in [1.165, 1.54) is 36.0 Å². The standard InChI is InChI=1S/C20H17FN4OS/c1-12-4-3-5-16-13(2)10-17-23-24-20(25(17)19(12)16)27-11-18(26)22-15-8-6-14(21)7-9-15/h3-10H,11H2,1-2H3,(H,22,26). The van der Waals surface area contributed by atoms with Crippen molar-refractivity contribution in [3.05, 3.63) is 65.5 Å². The first-order valence-corrected chi connectivity index (χ1v) is 9.44. The largest absolute Gasteiger partial charge is 0.325 e. The molecule has 0 aliphatic rings. The summed E-state index contributed by atoms with van der Waals surface area (Å²) < 4.78 is 15.0. The van der Waals surface area contributed by atoms with Gasteiger partial charge in [-0.05, 0) is 55.3 Å². The van der Waals surface area contributed by atoms with Gasteiger partial charge in [-0.1, -0.05) is 30.0 Å². The molecule has 0 saturated heterocycles. The first-order valence-electron chi connectivity index (χ1n) is 8.45. The number of fused-ring (bicyclic) bond motifs is 3. The normalized spacial score (nSPS) is 11.2. The van der Waals surface area contributed by atoms with E-state index in [2.05, 4.69) is 41.5 Å². The van der Waals surface area contributed by atoms with Crippen LogP contribution in [0.25, 0.3) is 16.6 Å². The third-order valence-electron chi connectivity index (χ3n) is 4.35. The molecule has 0 atom stereocenters. The number of pyridine rings is 1. The number of hydrogen-bond acceptors (Lipinski definition) is 4. The highest BCUT2D eigenvalue weighted by atomic mass is 32.2. The Bertz CT molecular complexity index is 1150. The van der Waals surface area contributed by atoms with Gasteiger partial charge in [-0.25, -0.2) is 4.39 Å². The zero-order chi connectivity index (χ0) is 19.0. The molecule has 2 aromatic heterocycles. The van der Waals surface area contributed by atoms with Crippen molar-refractivity contribution < 1.29 is 9.18 Å². The number of halogens is 1. The van der Waals surface area contributed by atoms with Gasteiger partial charge in [-0.2, -0.15) is 0 Å². The third kappa shape index (κ3) is 3.38. The van der Waals surface area contributed by atoms with Crippen molar-refractivity contribution in [1.82, 2.24) is 14.6 Å². The van der Waals surface area contributed by atoms with E-state index in [0.717, 1.165) is 27.7 Å². The molecule has 7 heteroatoms. The fourth-order valence-corrected chi connectivity index (χ4v) is 3.83. The number of hydrogen-bond donors (Lipinski definition) is 1. The maximum atomic E-state index is 13.0. The highest BCUT2D eigenvalue weighted by molar-refractivity contribution is 7.99. The van der Waals surface area contributed by atoms with Gasteiger partial charge in [0.05, 0.1) is 11.3 Å². The highest BCUT2D eigenvalue weighted by Crippen LogP contribution is 2.28. The Hall–Kier alpha value is -2.93. The zero-order valence-corrected chi connectivity index (χ0v) is 15.7. The molecule has 4 aromatic rings. The van der Waals surface area contributed by atoms with Gasteiger partial charge in [-0.15, -0.1) is 10.2 Å². The SMILES string of the molecule is Cc1cc2nnc(SCC(=O)Nc3ccc(F)cc3)n2c2c(C)cccc12. The Morgan fingerprint density at radius 1 is 1.11 bits per heavy atom. The molecule has 1 amide bonds. The number of thioether (sulfide) groups is 1. The van der Waals surface area contributed by atoms with Crippen LogP contribution in [-0.2, 0) is 4.79 Å². The zero-order valence-electron chi connectivity index (χ0n) is 14.9. The van der Waals surface area contributed by atoms with E-state index in [1.807, 2.05) is 16.5 Å². The number of aromatic nitrogens is 3. The molecule has 0 saturated carbocycles. The molecule has 27 heavy (non-hydrogen) atoms. The number of nitrogens with zero attached hydrogens (tertiary/aromatic N) is 3.